The van der Waals surface area contributed by atoms with Crippen LogP contribution in [0.2, 0.25) is 0 Å². The highest BCUT2D eigenvalue weighted by atomic mass is 16.5. The third kappa shape index (κ3) is 3.95. The van der Waals surface area contributed by atoms with E-state index in [2.05, 4.69) is 18.7 Å². The Balaban J connectivity index is 1.97. The first-order valence-electron chi connectivity index (χ1n) is 7.13. The van der Waals surface area contributed by atoms with Crippen molar-refractivity contribution in [3.05, 3.63) is 29.8 Å². The van der Waals surface area contributed by atoms with Crippen LogP contribution in [0.4, 0.5) is 0 Å². The van der Waals surface area contributed by atoms with E-state index in [1.807, 2.05) is 24.3 Å². The number of hydrogen-bond donors (Lipinski definition) is 1. The predicted molar refractivity (Wildman–Crippen MR) is 77.3 cm³/mol. The standard InChI is InChI=1S/C16H25NO2/c1-12-7-13(2)10-17(9-12)11-16(18)14-5-4-6-15(8-14)19-3/h4-6,8,12-13,16,18H,7,9-11H2,1-3H3. The molecule has 1 N–H and O–H groups in total. The number of aliphatic hydroxyl groups excluding tert-OH is 1. The number of likely N-dealkylation sites (tertiary alicyclic amines) is 1. The molecule has 2 rings (SSSR count). The molecule has 1 aromatic rings. The quantitative estimate of drug-likeness (QED) is 0.906. The average Bonchev–Trinajstić information content (AvgIpc) is 2.37. The summed E-state index contributed by atoms with van der Waals surface area (Å²) in [6, 6.07) is 7.71. The van der Waals surface area contributed by atoms with Gasteiger partial charge in [-0.25, -0.2) is 0 Å². The van der Waals surface area contributed by atoms with Crippen LogP contribution in [0.3, 0.4) is 0 Å². The molecule has 3 nitrogen and oxygen atoms in total. The Kier molecular flexibility index (Phi) is 4.83. The van der Waals surface area contributed by atoms with Crippen molar-refractivity contribution in [1.82, 2.24) is 4.90 Å². The summed E-state index contributed by atoms with van der Waals surface area (Å²) in [5, 5.41) is 10.4. The van der Waals surface area contributed by atoms with Gasteiger partial charge in [-0.1, -0.05) is 26.0 Å². The fourth-order valence-electron chi connectivity index (χ4n) is 3.14. The Morgan fingerprint density at radius 2 is 2.00 bits per heavy atom. The van der Waals surface area contributed by atoms with E-state index in [1.165, 1.54) is 6.42 Å². The van der Waals surface area contributed by atoms with Crippen LogP contribution in [0.1, 0.15) is 31.9 Å². The van der Waals surface area contributed by atoms with Gasteiger partial charge in [-0.3, -0.25) is 4.90 Å². The second kappa shape index (κ2) is 6.40. The normalized spacial score (nSPS) is 26.1. The molecule has 0 aromatic heterocycles. The van der Waals surface area contributed by atoms with Gasteiger partial charge in [0.25, 0.3) is 0 Å². The number of ether oxygens (including phenoxy) is 1. The second-order valence-corrected chi connectivity index (χ2v) is 5.96. The molecule has 19 heavy (non-hydrogen) atoms. The van der Waals surface area contributed by atoms with Crippen LogP contribution in [0.15, 0.2) is 24.3 Å². The van der Waals surface area contributed by atoms with Crippen LogP contribution in [0.5, 0.6) is 5.75 Å². The smallest absolute Gasteiger partial charge is 0.119 e. The van der Waals surface area contributed by atoms with Crippen LogP contribution >= 0.6 is 0 Å². The Bertz CT molecular complexity index is 397. The molecule has 0 radical (unpaired) electrons. The van der Waals surface area contributed by atoms with E-state index in [0.717, 1.165) is 36.2 Å². The molecule has 3 atom stereocenters. The van der Waals surface area contributed by atoms with Crippen molar-refractivity contribution in [2.75, 3.05) is 26.7 Å². The fourth-order valence-corrected chi connectivity index (χ4v) is 3.14. The van der Waals surface area contributed by atoms with Gasteiger partial charge in [-0.15, -0.1) is 0 Å². The first-order valence-corrected chi connectivity index (χ1v) is 7.13. The van der Waals surface area contributed by atoms with E-state index in [9.17, 15) is 5.11 Å². The number of benzene rings is 1. The van der Waals surface area contributed by atoms with Crippen LogP contribution in [-0.2, 0) is 0 Å². The van der Waals surface area contributed by atoms with Gasteiger partial charge >= 0.3 is 0 Å². The average molecular weight is 263 g/mol. The first kappa shape index (κ1) is 14.4. The lowest BCUT2D eigenvalue weighted by molar-refractivity contribution is 0.0698. The maximum atomic E-state index is 10.4. The van der Waals surface area contributed by atoms with Crippen molar-refractivity contribution >= 4 is 0 Å². The van der Waals surface area contributed by atoms with Crippen molar-refractivity contribution < 1.29 is 9.84 Å². The SMILES string of the molecule is COc1cccc(C(O)CN2CC(C)CC(C)C2)c1. The summed E-state index contributed by atoms with van der Waals surface area (Å²) < 4.78 is 5.20. The summed E-state index contributed by atoms with van der Waals surface area (Å²) >= 11 is 0. The molecule has 1 aliphatic heterocycles. The molecule has 1 saturated heterocycles. The first-order chi connectivity index (χ1) is 9.08. The molecule has 0 bridgehead atoms. The molecular weight excluding hydrogens is 238 g/mol. The molecule has 0 amide bonds. The van der Waals surface area contributed by atoms with Gasteiger partial charge < -0.3 is 9.84 Å². The zero-order chi connectivity index (χ0) is 13.8. The number of methoxy groups -OCH3 is 1. The van der Waals surface area contributed by atoms with Crippen molar-refractivity contribution in [2.24, 2.45) is 11.8 Å². The fraction of sp³-hybridized carbons (Fsp3) is 0.625. The lowest BCUT2D eigenvalue weighted by atomic mass is 9.91. The molecule has 0 aliphatic carbocycles. The summed E-state index contributed by atoms with van der Waals surface area (Å²) in [7, 11) is 1.65. The molecule has 1 aliphatic rings. The molecule has 1 aromatic carbocycles. The molecule has 3 heteroatoms. The van der Waals surface area contributed by atoms with Gasteiger partial charge in [0.15, 0.2) is 0 Å². The lowest BCUT2D eigenvalue weighted by Crippen LogP contribution is -2.40. The number of piperidine rings is 1. The van der Waals surface area contributed by atoms with E-state index >= 15 is 0 Å². The van der Waals surface area contributed by atoms with Crippen LogP contribution in [0.25, 0.3) is 0 Å². The minimum atomic E-state index is -0.437. The largest absolute Gasteiger partial charge is 0.497 e. The molecule has 106 valence electrons. The Hall–Kier alpha value is -1.06. The summed E-state index contributed by atoms with van der Waals surface area (Å²) in [5.74, 6) is 2.25. The van der Waals surface area contributed by atoms with E-state index in [0.29, 0.717) is 6.54 Å². The van der Waals surface area contributed by atoms with Crippen molar-refractivity contribution in [3.63, 3.8) is 0 Å². The van der Waals surface area contributed by atoms with E-state index in [-0.39, 0.29) is 0 Å². The minimum Gasteiger partial charge on any atom is -0.497 e. The maximum absolute atomic E-state index is 10.4. The Labute approximate surface area is 116 Å². The highest BCUT2D eigenvalue weighted by Gasteiger charge is 2.23. The maximum Gasteiger partial charge on any atom is 0.119 e. The predicted octanol–water partition coefficient (Wildman–Crippen LogP) is 2.71. The summed E-state index contributed by atoms with van der Waals surface area (Å²) in [4.78, 5) is 2.38. The molecule has 1 heterocycles. The van der Waals surface area contributed by atoms with Gasteiger partial charge in [0, 0.05) is 19.6 Å². The van der Waals surface area contributed by atoms with Crippen molar-refractivity contribution in [2.45, 2.75) is 26.4 Å². The third-order valence-electron chi connectivity index (χ3n) is 3.85. The minimum absolute atomic E-state index is 0.437. The van der Waals surface area contributed by atoms with Gasteiger partial charge in [-0.2, -0.15) is 0 Å². The van der Waals surface area contributed by atoms with E-state index in [1.54, 1.807) is 7.11 Å². The zero-order valence-corrected chi connectivity index (χ0v) is 12.2. The van der Waals surface area contributed by atoms with Crippen molar-refractivity contribution in [1.29, 1.82) is 0 Å². The molecular formula is C16H25NO2. The third-order valence-corrected chi connectivity index (χ3v) is 3.85. The Morgan fingerprint density at radius 1 is 1.32 bits per heavy atom. The number of β-amino-alcohol motifs (C(OH)–C–C–N with tert-alkyl or cyclic N) is 1. The second-order valence-electron chi connectivity index (χ2n) is 5.96. The van der Waals surface area contributed by atoms with Crippen LogP contribution < -0.4 is 4.74 Å². The molecule has 0 saturated carbocycles. The van der Waals surface area contributed by atoms with Gasteiger partial charge in [0.05, 0.1) is 13.2 Å². The lowest BCUT2D eigenvalue weighted by Gasteiger charge is -2.36. The molecule has 0 spiro atoms. The number of nitrogens with zero attached hydrogens (tertiary/aromatic N) is 1. The summed E-state index contributed by atoms with van der Waals surface area (Å²) in [5.41, 5.74) is 0.935. The van der Waals surface area contributed by atoms with Gasteiger partial charge in [0.1, 0.15) is 5.75 Å². The summed E-state index contributed by atoms with van der Waals surface area (Å²) in [6.07, 6.45) is 0.860. The molecule has 3 unspecified atom stereocenters. The van der Waals surface area contributed by atoms with Crippen LogP contribution in [-0.4, -0.2) is 36.8 Å². The Morgan fingerprint density at radius 3 is 2.63 bits per heavy atom. The zero-order valence-electron chi connectivity index (χ0n) is 12.2. The van der Waals surface area contributed by atoms with Gasteiger partial charge in [-0.05, 0) is 36.0 Å². The number of rotatable bonds is 4. The highest BCUT2D eigenvalue weighted by molar-refractivity contribution is 5.29. The number of hydrogen-bond acceptors (Lipinski definition) is 3. The van der Waals surface area contributed by atoms with Crippen molar-refractivity contribution in [3.8, 4) is 5.75 Å². The monoisotopic (exact) mass is 263 g/mol. The number of aliphatic hydroxyl groups is 1. The van der Waals surface area contributed by atoms with Crippen LogP contribution in [0, 0.1) is 11.8 Å². The topological polar surface area (TPSA) is 32.7 Å². The highest BCUT2D eigenvalue weighted by Crippen LogP contribution is 2.24. The summed E-state index contributed by atoms with van der Waals surface area (Å²) in [6.45, 7) is 7.47. The molecule has 1 fully saturated rings. The van der Waals surface area contributed by atoms with E-state index in [4.69, 9.17) is 4.74 Å². The van der Waals surface area contributed by atoms with Gasteiger partial charge in [0.2, 0.25) is 0 Å². The van der Waals surface area contributed by atoms with E-state index < -0.39 is 6.10 Å².